The molecular weight excluding hydrogens is 224 g/mol. The number of Topliss-reactive ketones (excluding diaryl/α,β-unsaturated/α-hetero) is 1. The van der Waals surface area contributed by atoms with Crippen LogP contribution in [0, 0.1) is 0 Å². The molecule has 0 aliphatic carbocycles. The molecule has 2 aromatic rings. The summed E-state index contributed by atoms with van der Waals surface area (Å²) in [5.41, 5.74) is 4.25. The fourth-order valence-electron chi connectivity index (χ4n) is 2.26. The van der Waals surface area contributed by atoms with Gasteiger partial charge in [-0.1, -0.05) is 32.0 Å². The van der Waals surface area contributed by atoms with E-state index in [1.807, 2.05) is 4.57 Å². The Balaban J connectivity index is 2.69. The number of hydrogen-bond acceptors (Lipinski definition) is 2. The maximum atomic E-state index is 11.6. The minimum atomic E-state index is 0.0421. The van der Waals surface area contributed by atoms with Crippen LogP contribution in [0.1, 0.15) is 42.4 Å². The Morgan fingerprint density at radius 1 is 1.22 bits per heavy atom. The number of hydrogen-bond donors (Lipinski definition) is 0. The molecule has 3 heteroatoms. The van der Waals surface area contributed by atoms with Gasteiger partial charge < -0.3 is 0 Å². The minimum absolute atomic E-state index is 0.0421. The van der Waals surface area contributed by atoms with E-state index in [-0.39, 0.29) is 5.78 Å². The number of carbonyl (C=O) groups is 1. The summed E-state index contributed by atoms with van der Waals surface area (Å²) in [6, 6.07) is 6.29. The fraction of sp³-hybridized carbons (Fsp3) is 0.333. The summed E-state index contributed by atoms with van der Waals surface area (Å²) in [7, 11) is 0. The fourth-order valence-corrected chi connectivity index (χ4v) is 2.26. The summed E-state index contributed by atoms with van der Waals surface area (Å²) in [6.45, 7) is 5.83. The summed E-state index contributed by atoms with van der Waals surface area (Å²) >= 11 is 0. The molecule has 0 spiro atoms. The van der Waals surface area contributed by atoms with E-state index in [1.165, 1.54) is 11.1 Å². The molecule has 0 fully saturated rings. The van der Waals surface area contributed by atoms with Crippen molar-refractivity contribution in [3.8, 4) is 5.69 Å². The number of imidazole rings is 1. The molecule has 0 saturated carbocycles. The molecule has 1 aromatic carbocycles. The molecule has 0 aliphatic heterocycles. The first-order valence-electron chi connectivity index (χ1n) is 6.33. The average Bonchev–Trinajstić information content (AvgIpc) is 2.86. The molecular formula is C15H18N2O. The normalized spacial score (nSPS) is 10.6. The summed E-state index contributed by atoms with van der Waals surface area (Å²) in [6.07, 6.45) is 5.25. The predicted molar refractivity (Wildman–Crippen MR) is 72.3 cm³/mol. The summed E-state index contributed by atoms with van der Waals surface area (Å²) in [5.74, 6) is 0.0421. The SMILES string of the molecule is CCc1cccc(CC)c1-n1cncc1C(C)=O. The van der Waals surface area contributed by atoms with E-state index in [4.69, 9.17) is 0 Å². The van der Waals surface area contributed by atoms with Crippen LogP contribution in [0.2, 0.25) is 0 Å². The Morgan fingerprint density at radius 3 is 2.33 bits per heavy atom. The van der Waals surface area contributed by atoms with Crippen LogP contribution in [0.4, 0.5) is 0 Å². The highest BCUT2D eigenvalue weighted by Crippen LogP contribution is 2.23. The number of aromatic nitrogens is 2. The topological polar surface area (TPSA) is 34.9 Å². The lowest BCUT2D eigenvalue weighted by Crippen LogP contribution is -2.08. The van der Waals surface area contributed by atoms with Gasteiger partial charge in [-0.2, -0.15) is 0 Å². The molecule has 0 radical (unpaired) electrons. The Hall–Kier alpha value is -1.90. The summed E-state index contributed by atoms with van der Waals surface area (Å²) in [4.78, 5) is 15.8. The zero-order chi connectivity index (χ0) is 13.1. The predicted octanol–water partition coefficient (Wildman–Crippen LogP) is 3.20. The first-order chi connectivity index (χ1) is 8.69. The molecule has 0 unspecified atom stereocenters. The third-order valence-electron chi connectivity index (χ3n) is 3.21. The van der Waals surface area contributed by atoms with Gasteiger partial charge in [0.05, 0.1) is 18.2 Å². The zero-order valence-electron chi connectivity index (χ0n) is 11.1. The molecule has 2 rings (SSSR count). The molecule has 1 heterocycles. The number of para-hydroxylation sites is 1. The van der Waals surface area contributed by atoms with Crippen LogP contribution in [-0.4, -0.2) is 15.3 Å². The van der Waals surface area contributed by atoms with Crippen LogP contribution >= 0.6 is 0 Å². The second kappa shape index (κ2) is 5.17. The van der Waals surface area contributed by atoms with Crippen molar-refractivity contribution >= 4 is 5.78 Å². The van der Waals surface area contributed by atoms with E-state index < -0.39 is 0 Å². The van der Waals surface area contributed by atoms with Gasteiger partial charge in [0.15, 0.2) is 5.78 Å². The minimum Gasteiger partial charge on any atom is -0.296 e. The highest BCUT2D eigenvalue weighted by atomic mass is 16.1. The van der Waals surface area contributed by atoms with Crippen LogP contribution in [0.3, 0.4) is 0 Å². The van der Waals surface area contributed by atoms with Crippen LogP contribution in [0.25, 0.3) is 5.69 Å². The van der Waals surface area contributed by atoms with Crippen LogP contribution in [0.5, 0.6) is 0 Å². The number of nitrogens with zero attached hydrogens (tertiary/aromatic N) is 2. The molecule has 3 nitrogen and oxygen atoms in total. The second-order valence-electron chi connectivity index (χ2n) is 4.34. The van der Waals surface area contributed by atoms with Crippen molar-refractivity contribution in [2.24, 2.45) is 0 Å². The van der Waals surface area contributed by atoms with E-state index in [1.54, 1.807) is 19.4 Å². The number of aryl methyl sites for hydroxylation is 2. The third-order valence-corrected chi connectivity index (χ3v) is 3.21. The average molecular weight is 242 g/mol. The van der Waals surface area contributed by atoms with Crippen molar-refractivity contribution in [1.82, 2.24) is 9.55 Å². The van der Waals surface area contributed by atoms with E-state index in [9.17, 15) is 4.79 Å². The third kappa shape index (κ3) is 2.08. The van der Waals surface area contributed by atoms with E-state index in [0.29, 0.717) is 5.69 Å². The largest absolute Gasteiger partial charge is 0.296 e. The van der Waals surface area contributed by atoms with Crippen LogP contribution in [0.15, 0.2) is 30.7 Å². The first-order valence-corrected chi connectivity index (χ1v) is 6.33. The summed E-state index contributed by atoms with van der Waals surface area (Å²) in [5, 5.41) is 0. The van der Waals surface area contributed by atoms with Crippen molar-refractivity contribution < 1.29 is 4.79 Å². The number of ketones is 1. The monoisotopic (exact) mass is 242 g/mol. The van der Waals surface area contributed by atoms with E-state index in [0.717, 1.165) is 18.5 Å². The Kier molecular flexibility index (Phi) is 3.60. The number of carbonyl (C=O) groups excluding carboxylic acids is 1. The van der Waals surface area contributed by atoms with Crippen LogP contribution in [-0.2, 0) is 12.8 Å². The highest BCUT2D eigenvalue weighted by molar-refractivity contribution is 5.93. The maximum Gasteiger partial charge on any atom is 0.178 e. The number of rotatable bonds is 4. The van der Waals surface area contributed by atoms with Crippen molar-refractivity contribution in [1.29, 1.82) is 0 Å². The van der Waals surface area contributed by atoms with E-state index >= 15 is 0 Å². The van der Waals surface area contributed by atoms with Gasteiger partial charge in [0.2, 0.25) is 0 Å². The van der Waals surface area contributed by atoms with Crippen molar-refractivity contribution in [3.63, 3.8) is 0 Å². The molecule has 0 N–H and O–H groups in total. The molecule has 94 valence electrons. The molecule has 18 heavy (non-hydrogen) atoms. The van der Waals surface area contributed by atoms with Gasteiger partial charge in [-0.05, 0) is 24.0 Å². The van der Waals surface area contributed by atoms with Gasteiger partial charge in [-0.25, -0.2) is 4.98 Å². The Morgan fingerprint density at radius 2 is 1.83 bits per heavy atom. The lowest BCUT2D eigenvalue weighted by Gasteiger charge is -2.15. The van der Waals surface area contributed by atoms with Crippen LogP contribution < -0.4 is 0 Å². The van der Waals surface area contributed by atoms with Gasteiger partial charge >= 0.3 is 0 Å². The highest BCUT2D eigenvalue weighted by Gasteiger charge is 2.14. The van der Waals surface area contributed by atoms with Crippen molar-refractivity contribution in [2.75, 3.05) is 0 Å². The van der Waals surface area contributed by atoms with Gasteiger partial charge in [-0.15, -0.1) is 0 Å². The maximum absolute atomic E-state index is 11.6. The smallest absolute Gasteiger partial charge is 0.178 e. The first kappa shape index (κ1) is 12.6. The second-order valence-corrected chi connectivity index (χ2v) is 4.34. The molecule has 1 aromatic heterocycles. The molecule has 0 aliphatic rings. The lowest BCUT2D eigenvalue weighted by molar-refractivity contribution is 0.101. The van der Waals surface area contributed by atoms with Gasteiger partial charge in [-0.3, -0.25) is 9.36 Å². The summed E-state index contributed by atoms with van der Waals surface area (Å²) < 4.78 is 1.92. The Labute approximate surface area is 107 Å². The molecule has 0 amide bonds. The van der Waals surface area contributed by atoms with Crippen molar-refractivity contribution in [3.05, 3.63) is 47.5 Å². The van der Waals surface area contributed by atoms with Gasteiger partial charge in [0.25, 0.3) is 0 Å². The van der Waals surface area contributed by atoms with Crippen molar-refractivity contribution in [2.45, 2.75) is 33.6 Å². The molecule has 0 saturated heterocycles. The molecule has 0 bridgehead atoms. The van der Waals surface area contributed by atoms with E-state index in [2.05, 4.69) is 37.0 Å². The van der Waals surface area contributed by atoms with Gasteiger partial charge in [0, 0.05) is 6.92 Å². The number of benzene rings is 1. The quantitative estimate of drug-likeness (QED) is 0.772. The van der Waals surface area contributed by atoms with Gasteiger partial charge in [0.1, 0.15) is 5.69 Å². The zero-order valence-corrected chi connectivity index (χ0v) is 11.1. The Bertz CT molecular complexity index is 547. The molecule has 0 atom stereocenters. The standard InChI is InChI=1S/C15H18N2O/c1-4-12-7-6-8-13(5-2)15(12)17-10-16-9-14(17)11(3)18/h6-10H,4-5H2,1-3H3. The lowest BCUT2D eigenvalue weighted by atomic mass is 10.0.